The molecule has 0 bridgehead atoms. The summed E-state index contributed by atoms with van der Waals surface area (Å²) in [5, 5.41) is 5.18. The standard InChI is InChI=1S/C26H27Cl2N5O3S/c1-4-32-7-9-33(10-8-32)20-14-30-26(37-20)25(34)31-24-17-6-5-15(11-16(17)13-29-24)21-22(27)18(35-2)12-19(36-3)23(21)28/h5-6,11-12,14H,4,7-10,13H2,1-3H3,(H,29,31,34). The molecule has 0 radical (unpaired) electrons. The molecule has 1 aromatic heterocycles. The molecule has 1 saturated heterocycles. The second-order valence-electron chi connectivity index (χ2n) is 8.70. The number of aromatic nitrogens is 1. The van der Waals surface area contributed by atoms with Gasteiger partial charge >= 0.3 is 0 Å². The first-order valence-corrected chi connectivity index (χ1v) is 13.5. The molecule has 0 atom stereocenters. The summed E-state index contributed by atoms with van der Waals surface area (Å²) in [6, 6.07) is 7.44. The molecule has 0 aliphatic carbocycles. The van der Waals surface area contributed by atoms with Crippen molar-refractivity contribution in [3.05, 3.63) is 56.6 Å². The van der Waals surface area contributed by atoms with Gasteiger partial charge in [-0.15, -0.1) is 0 Å². The Morgan fingerprint density at radius 3 is 2.43 bits per heavy atom. The summed E-state index contributed by atoms with van der Waals surface area (Å²) >= 11 is 14.6. The van der Waals surface area contributed by atoms with Crippen LogP contribution in [-0.4, -0.2) is 68.6 Å². The minimum absolute atomic E-state index is 0.261. The summed E-state index contributed by atoms with van der Waals surface area (Å²) in [5.74, 6) is 1.21. The largest absolute Gasteiger partial charge is 0.495 e. The van der Waals surface area contributed by atoms with Crippen molar-refractivity contribution in [1.29, 1.82) is 0 Å². The molecule has 2 aliphatic rings. The van der Waals surface area contributed by atoms with Gasteiger partial charge in [0.2, 0.25) is 0 Å². The SMILES string of the molecule is CCN1CCN(c2cnc(C(=O)NC3=NCc4cc(-c5c(Cl)c(OC)cc(OC)c5Cl)ccc43)s2)CC1. The number of nitrogens with zero attached hydrogens (tertiary/aromatic N) is 4. The van der Waals surface area contributed by atoms with E-state index in [0.29, 0.717) is 44.5 Å². The number of likely N-dealkylation sites (N-methyl/N-ethyl adjacent to an activating group) is 1. The maximum Gasteiger partial charge on any atom is 0.285 e. The van der Waals surface area contributed by atoms with Crippen LogP contribution in [0.4, 0.5) is 5.00 Å². The van der Waals surface area contributed by atoms with E-state index in [2.05, 4.69) is 32.0 Å². The van der Waals surface area contributed by atoms with Gasteiger partial charge in [-0.3, -0.25) is 9.79 Å². The number of amidine groups is 1. The Morgan fingerprint density at radius 1 is 1.08 bits per heavy atom. The summed E-state index contributed by atoms with van der Waals surface area (Å²) in [7, 11) is 3.09. The minimum atomic E-state index is -0.261. The molecule has 8 nitrogen and oxygen atoms in total. The van der Waals surface area contributed by atoms with E-state index in [1.807, 2.05) is 18.2 Å². The topological polar surface area (TPSA) is 79.3 Å². The highest BCUT2D eigenvalue weighted by Crippen LogP contribution is 2.46. The number of carbonyl (C=O) groups excluding carboxylic acids is 1. The smallest absolute Gasteiger partial charge is 0.285 e. The highest BCUT2D eigenvalue weighted by molar-refractivity contribution is 7.17. The van der Waals surface area contributed by atoms with Crippen LogP contribution in [0.15, 0.2) is 35.5 Å². The molecule has 1 fully saturated rings. The van der Waals surface area contributed by atoms with Crippen LogP contribution in [0.3, 0.4) is 0 Å². The molecule has 0 spiro atoms. The lowest BCUT2D eigenvalue weighted by molar-refractivity contribution is 0.0977. The minimum Gasteiger partial charge on any atom is -0.495 e. The zero-order valence-corrected chi connectivity index (χ0v) is 23.1. The van der Waals surface area contributed by atoms with Gasteiger partial charge in [0.05, 0.1) is 37.0 Å². The number of amides is 1. The first-order chi connectivity index (χ1) is 17.9. The molecule has 0 saturated carbocycles. The average Bonchev–Trinajstić information content (AvgIpc) is 3.57. The Kier molecular flexibility index (Phi) is 7.57. The van der Waals surface area contributed by atoms with Crippen LogP contribution in [0.25, 0.3) is 11.1 Å². The molecule has 1 amide bonds. The Balaban J connectivity index is 1.32. The van der Waals surface area contributed by atoms with Crippen molar-refractivity contribution in [2.75, 3.05) is 51.8 Å². The summed E-state index contributed by atoms with van der Waals surface area (Å²) in [6.07, 6.45) is 1.79. The number of carbonyl (C=O) groups is 1. The molecule has 11 heteroatoms. The third-order valence-electron chi connectivity index (χ3n) is 6.68. The second-order valence-corrected chi connectivity index (χ2v) is 10.5. The van der Waals surface area contributed by atoms with Gasteiger partial charge in [-0.05, 0) is 23.7 Å². The molecule has 3 heterocycles. The van der Waals surface area contributed by atoms with Crippen LogP contribution in [0, 0.1) is 0 Å². The van der Waals surface area contributed by atoms with E-state index in [1.54, 1.807) is 26.5 Å². The normalized spacial score (nSPS) is 15.4. The molecule has 2 aliphatic heterocycles. The van der Waals surface area contributed by atoms with Crippen molar-refractivity contribution < 1.29 is 14.3 Å². The maximum absolute atomic E-state index is 13.0. The summed E-state index contributed by atoms with van der Waals surface area (Å²) in [6.45, 7) is 7.58. The second kappa shape index (κ2) is 10.9. The number of hydrogen-bond acceptors (Lipinski definition) is 8. The Bertz CT molecular complexity index is 1340. The predicted molar refractivity (Wildman–Crippen MR) is 149 cm³/mol. The zero-order chi connectivity index (χ0) is 26.1. The third-order valence-corrected chi connectivity index (χ3v) is 8.49. The molecule has 3 aromatic rings. The maximum atomic E-state index is 13.0. The molecule has 194 valence electrons. The van der Waals surface area contributed by atoms with Gasteiger partial charge < -0.3 is 24.6 Å². The summed E-state index contributed by atoms with van der Waals surface area (Å²) in [5.41, 5.74) is 3.23. The molecule has 1 N–H and O–H groups in total. The number of halogens is 2. The third kappa shape index (κ3) is 5.01. The number of rotatable bonds is 6. The van der Waals surface area contributed by atoms with Crippen LogP contribution in [0.1, 0.15) is 27.9 Å². The first-order valence-electron chi connectivity index (χ1n) is 12.0. The lowest BCUT2D eigenvalue weighted by Crippen LogP contribution is -2.45. The number of anilines is 1. The van der Waals surface area contributed by atoms with Gasteiger partial charge in [-0.25, -0.2) is 4.98 Å². The van der Waals surface area contributed by atoms with E-state index in [4.69, 9.17) is 32.7 Å². The van der Waals surface area contributed by atoms with Crippen molar-refractivity contribution in [2.45, 2.75) is 13.5 Å². The predicted octanol–water partition coefficient (Wildman–Crippen LogP) is 4.97. The van der Waals surface area contributed by atoms with E-state index < -0.39 is 0 Å². The fraction of sp³-hybridized carbons (Fsp3) is 0.346. The number of fused-ring (bicyclic) bond motifs is 1. The fourth-order valence-corrected chi connectivity index (χ4v) is 6.15. The summed E-state index contributed by atoms with van der Waals surface area (Å²) < 4.78 is 10.8. The highest BCUT2D eigenvalue weighted by atomic mass is 35.5. The van der Waals surface area contributed by atoms with Crippen molar-refractivity contribution >= 4 is 51.3 Å². The Labute approximate surface area is 229 Å². The number of thiazole rings is 1. The lowest BCUT2D eigenvalue weighted by Gasteiger charge is -2.34. The number of benzene rings is 2. The molecule has 5 rings (SSSR count). The van der Waals surface area contributed by atoms with Crippen molar-refractivity contribution in [3.63, 3.8) is 0 Å². The van der Waals surface area contributed by atoms with Crippen molar-refractivity contribution in [3.8, 4) is 22.6 Å². The van der Waals surface area contributed by atoms with Gasteiger partial charge in [0.25, 0.3) is 5.91 Å². The van der Waals surface area contributed by atoms with Crippen LogP contribution < -0.4 is 19.7 Å². The number of ether oxygens (including phenoxy) is 2. The Morgan fingerprint density at radius 2 is 1.78 bits per heavy atom. The molecule has 37 heavy (non-hydrogen) atoms. The van der Waals surface area contributed by atoms with Gasteiger partial charge in [-0.2, -0.15) is 0 Å². The van der Waals surface area contributed by atoms with Crippen LogP contribution in [0.2, 0.25) is 10.0 Å². The van der Waals surface area contributed by atoms with Crippen LogP contribution >= 0.6 is 34.5 Å². The quantitative estimate of drug-likeness (QED) is 0.459. The van der Waals surface area contributed by atoms with Gasteiger partial charge in [0.15, 0.2) is 5.01 Å². The number of hydrogen-bond donors (Lipinski definition) is 1. The number of aliphatic imine (C=N–C) groups is 1. The zero-order valence-electron chi connectivity index (χ0n) is 20.8. The van der Waals surface area contributed by atoms with E-state index in [0.717, 1.165) is 54.4 Å². The Hall–Kier alpha value is -2.85. The molecule has 2 aromatic carbocycles. The molecular formula is C26H27Cl2N5O3S. The monoisotopic (exact) mass is 559 g/mol. The van der Waals surface area contributed by atoms with Gasteiger partial charge in [0, 0.05) is 43.4 Å². The van der Waals surface area contributed by atoms with Crippen molar-refractivity contribution in [2.24, 2.45) is 4.99 Å². The summed E-state index contributed by atoms with van der Waals surface area (Å²) in [4.78, 5) is 26.6. The average molecular weight is 561 g/mol. The van der Waals surface area contributed by atoms with E-state index in [9.17, 15) is 4.79 Å². The molecular weight excluding hydrogens is 533 g/mol. The lowest BCUT2D eigenvalue weighted by atomic mass is 9.99. The van der Waals surface area contributed by atoms with Crippen LogP contribution in [-0.2, 0) is 6.54 Å². The van der Waals surface area contributed by atoms with E-state index in [1.165, 1.54) is 11.3 Å². The van der Waals surface area contributed by atoms with E-state index in [-0.39, 0.29) is 5.91 Å². The highest BCUT2D eigenvalue weighted by Gasteiger charge is 2.25. The number of nitrogens with one attached hydrogen (secondary N) is 1. The van der Waals surface area contributed by atoms with Crippen LogP contribution in [0.5, 0.6) is 11.5 Å². The number of piperazine rings is 1. The fourth-order valence-electron chi connectivity index (χ4n) is 4.57. The first kappa shape index (κ1) is 25.8. The van der Waals surface area contributed by atoms with E-state index >= 15 is 0 Å². The van der Waals surface area contributed by atoms with Gasteiger partial charge in [0.1, 0.15) is 22.3 Å². The number of methoxy groups -OCH3 is 2. The van der Waals surface area contributed by atoms with Crippen molar-refractivity contribution in [1.82, 2.24) is 15.2 Å². The van der Waals surface area contributed by atoms with Gasteiger partial charge in [-0.1, -0.05) is 53.6 Å². The molecule has 0 unspecified atom stereocenters.